The third kappa shape index (κ3) is 5.35. The predicted molar refractivity (Wildman–Crippen MR) is 98.9 cm³/mol. The topological polar surface area (TPSA) is 68.6 Å². The number of ether oxygens (including phenoxy) is 2. The summed E-state index contributed by atoms with van der Waals surface area (Å²) in [6.45, 7) is 4.80. The number of nitrogens with zero attached hydrogens (tertiary/aromatic N) is 3. The van der Waals surface area contributed by atoms with Crippen LogP contribution in [0.1, 0.15) is 10.5 Å². The molecule has 1 amide bonds. The van der Waals surface area contributed by atoms with E-state index >= 15 is 0 Å². The van der Waals surface area contributed by atoms with Crippen molar-refractivity contribution in [3.05, 3.63) is 46.2 Å². The molecular weight excluding hydrogens is 379 g/mol. The molecule has 1 aromatic carbocycles. The summed E-state index contributed by atoms with van der Waals surface area (Å²) in [5, 5.41) is 8.05. The van der Waals surface area contributed by atoms with E-state index in [0.717, 1.165) is 32.8 Å². The first-order valence-corrected chi connectivity index (χ1v) is 9.07. The number of amides is 1. The number of morpholine rings is 1. The van der Waals surface area contributed by atoms with Gasteiger partial charge < -0.3 is 14.8 Å². The van der Waals surface area contributed by atoms with Gasteiger partial charge in [-0.3, -0.25) is 9.69 Å². The Hall–Kier alpha value is -1.80. The van der Waals surface area contributed by atoms with Gasteiger partial charge >= 0.3 is 0 Å². The van der Waals surface area contributed by atoms with Crippen molar-refractivity contribution < 1.29 is 14.3 Å². The minimum Gasteiger partial charge on any atom is -0.470 e. The molecule has 0 radical (unpaired) electrons. The number of benzene rings is 1. The van der Waals surface area contributed by atoms with Crippen molar-refractivity contribution in [3.63, 3.8) is 0 Å². The molecule has 9 heteroatoms. The highest BCUT2D eigenvalue weighted by molar-refractivity contribution is 6.35. The van der Waals surface area contributed by atoms with Crippen molar-refractivity contribution in [2.75, 3.05) is 39.4 Å². The van der Waals surface area contributed by atoms with Crippen LogP contribution in [0.25, 0.3) is 0 Å². The molecule has 1 fully saturated rings. The van der Waals surface area contributed by atoms with Gasteiger partial charge in [0.2, 0.25) is 0 Å². The van der Waals surface area contributed by atoms with Crippen LogP contribution in [0.5, 0.6) is 5.75 Å². The molecule has 0 bridgehead atoms. The van der Waals surface area contributed by atoms with Crippen LogP contribution in [-0.2, 0) is 11.5 Å². The van der Waals surface area contributed by atoms with Crippen molar-refractivity contribution in [2.24, 2.45) is 0 Å². The van der Waals surface area contributed by atoms with E-state index in [4.69, 9.17) is 32.7 Å². The quantitative estimate of drug-likeness (QED) is 0.774. The maximum Gasteiger partial charge on any atom is 0.271 e. The molecule has 3 rings (SSSR count). The van der Waals surface area contributed by atoms with Crippen LogP contribution in [0.15, 0.2) is 30.5 Å². The van der Waals surface area contributed by atoms with Gasteiger partial charge in [-0.2, -0.15) is 5.10 Å². The van der Waals surface area contributed by atoms with Gasteiger partial charge in [0, 0.05) is 37.4 Å². The standard InChI is InChI=1S/C17H20Cl2N4O3/c18-13-1-2-16(14(19)11-13)26-12-23-5-3-15(21-23)17(24)20-4-6-22-7-9-25-10-8-22/h1-3,5,11H,4,6-10,12H2,(H,20,24). The summed E-state index contributed by atoms with van der Waals surface area (Å²) < 4.78 is 12.4. The SMILES string of the molecule is O=C(NCCN1CCOCC1)c1ccn(COc2ccc(Cl)cc2Cl)n1. The molecule has 0 atom stereocenters. The summed E-state index contributed by atoms with van der Waals surface area (Å²) >= 11 is 11.9. The molecule has 1 saturated heterocycles. The Bertz CT molecular complexity index is 747. The van der Waals surface area contributed by atoms with E-state index < -0.39 is 0 Å². The number of hydrogen-bond acceptors (Lipinski definition) is 5. The van der Waals surface area contributed by atoms with E-state index in [-0.39, 0.29) is 12.6 Å². The highest BCUT2D eigenvalue weighted by Gasteiger charge is 2.12. The lowest BCUT2D eigenvalue weighted by Gasteiger charge is -2.26. The zero-order valence-corrected chi connectivity index (χ0v) is 15.7. The van der Waals surface area contributed by atoms with Gasteiger partial charge in [0.15, 0.2) is 6.73 Å². The lowest BCUT2D eigenvalue weighted by molar-refractivity contribution is 0.0383. The highest BCUT2D eigenvalue weighted by Crippen LogP contribution is 2.27. The lowest BCUT2D eigenvalue weighted by atomic mass is 10.3. The van der Waals surface area contributed by atoms with Gasteiger partial charge in [-0.25, -0.2) is 4.68 Å². The monoisotopic (exact) mass is 398 g/mol. The minimum atomic E-state index is -0.207. The largest absolute Gasteiger partial charge is 0.470 e. The number of carbonyl (C=O) groups excluding carboxylic acids is 1. The predicted octanol–water partition coefficient (Wildman–Crippen LogP) is 2.29. The van der Waals surface area contributed by atoms with E-state index in [2.05, 4.69) is 15.3 Å². The first-order chi connectivity index (χ1) is 12.6. The average molecular weight is 399 g/mol. The van der Waals surface area contributed by atoms with Gasteiger partial charge in [0.05, 0.1) is 18.2 Å². The van der Waals surface area contributed by atoms with Gasteiger partial charge in [-0.1, -0.05) is 23.2 Å². The van der Waals surface area contributed by atoms with Crippen LogP contribution in [0.4, 0.5) is 0 Å². The maximum absolute atomic E-state index is 12.2. The molecule has 0 spiro atoms. The molecule has 26 heavy (non-hydrogen) atoms. The Morgan fingerprint density at radius 2 is 2.08 bits per heavy atom. The van der Waals surface area contributed by atoms with Gasteiger partial charge in [-0.05, 0) is 24.3 Å². The number of nitrogens with one attached hydrogen (secondary N) is 1. The molecule has 0 saturated carbocycles. The second kappa shape index (κ2) is 9.23. The van der Waals surface area contributed by atoms with Crippen LogP contribution >= 0.6 is 23.2 Å². The smallest absolute Gasteiger partial charge is 0.271 e. The van der Waals surface area contributed by atoms with Crippen LogP contribution in [0.3, 0.4) is 0 Å². The first-order valence-electron chi connectivity index (χ1n) is 8.31. The fraction of sp³-hybridized carbons (Fsp3) is 0.412. The van der Waals surface area contributed by atoms with Crippen molar-refractivity contribution in [3.8, 4) is 5.75 Å². The molecule has 1 aromatic heterocycles. The Morgan fingerprint density at radius 1 is 1.27 bits per heavy atom. The fourth-order valence-corrected chi connectivity index (χ4v) is 2.99. The first kappa shape index (κ1) is 19.0. The number of rotatable bonds is 7. The van der Waals surface area contributed by atoms with E-state index in [9.17, 15) is 4.79 Å². The summed E-state index contributed by atoms with van der Waals surface area (Å²) in [7, 11) is 0. The molecule has 1 N–H and O–H groups in total. The molecule has 2 heterocycles. The normalized spacial score (nSPS) is 15.0. The third-order valence-electron chi connectivity index (χ3n) is 3.94. The number of aromatic nitrogens is 2. The summed E-state index contributed by atoms with van der Waals surface area (Å²) in [5.74, 6) is 0.296. The molecule has 0 unspecified atom stereocenters. The summed E-state index contributed by atoms with van der Waals surface area (Å²) in [6.07, 6.45) is 1.68. The van der Waals surface area contributed by atoms with Gasteiger partial charge in [0.25, 0.3) is 5.91 Å². The molecule has 7 nitrogen and oxygen atoms in total. The Balaban J connectivity index is 1.45. The van der Waals surface area contributed by atoms with E-state index in [1.165, 1.54) is 4.68 Å². The second-order valence-corrected chi connectivity index (χ2v) is 6.64. The van der Waals surface area contributed by atoms with E-state index in [1.807, 2.05) is 0 Å². The number of hydrogen-bond donors (Lipinski definition) is 1. The fourth-order valence-electron chi connectivity index (χ4n) is 2.53. The van der Waals surface area contributed by atoms with Crippen LogP contribution < -0.4 is 10.1 Å². The zero-order chi connectivity index (χ0) is 18.4. The minimum absolute atomic E-state index is 0.141. The summed E-state index contributed by atoms with van der Waals surface area (Å²) in [5.41, 5.74) is 0.345. The van der Waals surface area contributed by atoms with E-state index in [1.54, 1.807) is 30.5 Å². The second-order valence-electron chi connectivity index (χ2n) is 5.80. The van der Waals surface area contributed by atoms with Gasteiger partial charge in [-0.15, -0.1) is 0 Å². The number of carbonyl (C=O) groups is 1. The van der Waals surface area contributed by atoms with Crippen LogP contribution in [-0.4, -0.2) is 60.0 Å². The average Bonchev–Trinajstić information content (AvgIpc) is 3.11. The van der Waals surface area contributed by atoms with Crippen molar-refractivity contribution >= 4 is 29.1 Å². The molecule has 0 aliphatic carbocycles. The van der Waals surface area contributed by atoms with Crippen molar-refractivity contribution in [1.82, 2.24) is 20.0 Å². The maximum atomic E-state index is 12.2. The zero-order valence-electron chi connectivity index (χ0n) is 14.2. The number of halogens is 2. The Labute approximate surface area is 161 Å². The lowest BCUT2D eigenvalue weighted by Crippen LogP contribution is -2.41. The van der Waals surface area contributed by atoms with Crippen LogP contribution in [0, 0.1) is 0 Å². The molecular formula is C17H20Cl2N4O3. The van der Waals surface area contributed by atoms with Crippen LogP contribution in [0.2, 0.25) is 10.0 Å². The summed E-state index contributed by atoms with van der Waals surface area (Å²) in [4.78, 5) is 14.4. The van der Waals surface area contributed by atoms with E-state index in [0.29, 0.717) is 28.0 Å². The Morgan fingerprint density at radius 3 is 2.85 bits per heavy atom. The molecule has 2 aromatic rings. The summed E-state index contributed by atoms with van der Waals surface area (Å²) in [6, 6.07) is 6.64. The molecule has 1 aliphatic rings. The highest BCUT2D eigenvalue weighted by atomic mass is 35.5. The Kier molecular flexibility index (Phi) is 6.73. The molecule has 140 valence electrons. The van der Waals surface area contributed by atoms with Crippen molar-refractivity contribution in [1.29, 1.82) is 0 Å². The van der Waals surface area contributed by atoms with Gasteiger partial charge in [0.1, 0.15) is 11.4 Å². The molecule has 1 aliphatic heterocycles. The van der Waals surface area contributed by atoms with Crippen molar-refractivity contribution in [2.45, 2.75) is 6.73 Å². The third-order valence-corrected chi connectivity index (χ3v) is 4.47.